The van der Waals surface area contributed by atoms with Gasteiger partial charge in [-0.25, -0.2) is 0 Å². The van der Waals surface area contributed by atoms with E-state index in [-0.39, 0.29) is 29.9 Å². The molecule has 0 saturated heterocycles. The number of aliphatic imine (C=N–C) groups is 1. The average molecular weight is 446 g/mol. The molecule has 0 unspecified atom stereocenters. The van der Waals surface area contributed by atoms with Crippen molar-refractivity contribution in [2.45, 2.75) is 31.7 Å². The molecular formula is C17H27IN4O2. The number of methoxy groups -OCH3 is 1. The van der Waals surface area contributed by atoms with Gasteiger partial charge in [-0.1, -0.05) is 12.8 Å². The zero-order chi connectivity index (χ0) is 16.5. The predicted octanol–water partition coefficient (Wildman–Crippen LogP) is 2.15. The summed E-state index contributed by atoms with van der Waals surface area (Å²) in [7, 11) is 3.37. The fourth-order valence-corrected chi connectivity index (χ4v) is 2.66. The summed E-state index contributed by atoms with van der Waals surface area (Å²) in [6.07, 6.45) is 4.98. The van der Waals surface area contributed by atoms with Crippen LogP contribution in [0.2, 0.25) is 0 Å². The Labute approximate surface area is 160 Å². The molecule has 0 bridgehead atoms. The molecule has 2 rings (SSSR count). The highest BCUT2D eigenvalue weighted by Crippen LogP contribution is 2.17. The molecule has 1 aromatic carbocycles. The number of nitrogens with zero attached hydrogens (tertiary/aromatic N) is 1. The van der Waals surface area contributed by atoms with Gasteiger partial charge < -0.3 is 20.7 Å². The molecule has 1 aliphatic rings. The molecule has 3 N–H and O–H groups in total. The third kappa shape index (κ3) is 6.54. The van der Waals surface area contributed by atoms with Gasteiger partial charge in [-0.15, -0.1) is 24.0 Å². The number of halogens is 1. The number of benzene rings is 1. The summed E-state index contributed by atoms with van der Waals surface area (Å²) in [4.78, 5) is 16.2. The molecule has 0 aliphatic heterocycles. The monoisotopic (exact) mass is 446 g/mol. The Kier molecular flexibility index (Phi) is 9.51. The first kappa shape index (κ1) is 20.5. The van der Waals surface area contributed by atoms with Crippen LogP contribution in [0.3, 0.4) is 0 Å². The molecule has 1 aliphatic carbocycles. The molecule has 6 nitrogen and oxygen atoms in total. The lowest BCUT2D eigenvalue weighted by atomic mass is 10.2. The molecule has 0 heterocycles. The minimum Gasteiger partial charge on any atom is -0.497 e. The van der Waals surface area contributed by atoms with Crippen LogP contribution in [-0.4, -0.2) is 45.2 Å². The molecule has 134 valence electrons. The van der Waals surface area contributed by atoms with Crippen molar-refractivity contribution in [2.24, 2.45) is 4.99 Å². The van der Waals surface area contributed by atoms with Crippen LogP contribution in [0, 0.1) is 0 Å². The number of ether oxygens (including phenoxy) is 1. The number of rotatable bonds is 6. The Morgan fingerprint density at radius 2 is 1.79 bits per heavy atom. The summed E-state index contributed by atoms with van der Waals surface area (Å²) >= 11 is 0. The second kappa shape index (κ2) is 11.1. The summed E-state index contributed by atoms with van der Waals surface area (Å²) in [6, 6.07) is 7.58. The second-order valence-corrected chi connectivity index (χ2v) is 5.61. The number of carbonyl (C=O) groups is 1. The van der Waals surface area contributed by atoms with Gasteiger partial charge in [0, 0.05) is 31.7 Å². The maximum Gasteiger partial charge on any atom is 0.251 e. The van der Waals surface area contributed by atoms with Gasteiger partial charge >= 0.3 is 0 Å². The Morgan fingerprint density at radius 3 is 2.38 bits per heavy atom. The fourth-order valence-electron chi connectivity index (χ4n) is 2.66. The quantitative estimate of drug-likeness (QED) is 0.271. The van der Waals surface area contributed by atoms with Gasteiger partial charge in [-0.05, 0) is 37.1 Å². The van der Waals surface area contributed by atoms with Crippen molar-refractivity contribution in [1.29, 1.82) is 0 Å². The molecule has 1 saturated carbocycles. The summed E-state index contributed by atoms with van der Waals surface area (Å²) in [6.45, 7) is 1.17. The van der Waals surface area contributed by atoms with E-state index in [4.69, 9.17) is 4.74 Å². The van der Waals surface area contributed by atoms with E-state index in [1.54, 1.807) is 38.4 Å². The van der Waals surface area contributed by atoms with Crippen LogP contribution in [0.25, 0.3) is 0 Å². The highest BCUT2D eigenvalue weighted by Gasteiger charge is 2.15. The third-order valence-corrected chi connectivity index (χ3v) is 3.97. The normalized spacial score (nSPS) is 14.7. The molecular weight excluding hydrogens is 419 g/mol. The maximum absolute atomic E-state index is 12.0. The summed E-state index contributed by atoms with van der Waals surface area (Å²) in [5.74, 6) is 1.45. The molecule has 1 amide bonds. The number of hydrogen-bond donors (Lipinski definition) is 3. The second-order valence-electron chi connectivity index (χ2n) is 5.61. The van der Waals surface area contributed by atoms with Crippen LogP contribution < -0.4 is 20.7 Å². The minimum atomic E-state index is -0.0896. The lowest BCUT2D eigenvalue weighted by Crippen LogP contribution is -2.44. The number of guanidine groups is 1. The Balaban J connectivity index is 0.00000288. The van der Waals surface area contributed by atoms with Crippen LogP contribution in [0.1, 0.15) is 36.0 Å². The zero-order valence-electron chi connectivity index (χ0n) is 14.3. The lowest BCUT2D eigenvalue weighted by Gasteiger charge is -2.17. The SMILES string of the molecule is CN=C(NCCNC(=O)c1ccc(OC)cc1)NC1CCCC1.I. The standard InChI is InChI=1S/C17H26N4O2.HI/c1-18-17(21-14-5-3-4-6-14)20-12-11-19-16(22)13-7-9-15(23-2)10-8-13;/h7-10,14H,3-6,11-12H2,1-2H3,(H,19,22)(H2,18,20,21);1H. The average Bonchev–Trinajstić information content (AvgIpc) is 3.10. The van der Waals surface area contributed by atoms with E-state index < -0.39 is 0 Å². The Bertz CT molecular complexity index is 528. The zero-order valence-corrected chi connectivity index (χ0v) is 16.6. The number of amides is 1. The van der Waals surface area contributed by atoms with Crippen molar-refractivity contribution in [3.8, 4) is 5.75 Å². The smallest absolute Gasteiger partial charge is 0.251 e. The summed E-state index contributed by atoms with van der Waals surface area (Å²) in [5.41, 5.74) is 0.624. The van der Waals surface area contributed by atoms with Crippen LogP contribution in [0.4, 0.5) is 0 Å². The van der Waals surface area contributed by atoms with Gasteiger partial charge in [0.25, 0.3) is 5.91 Å². The van der Waals surface area contributed by atoms with Gasteiger partial charge in [0.15, 0.2) is 5.96 Å². The van der Waals surface area contributed by atoms with E-state index in [0.29, 0.717) is 24.7 Å². The largest absolute Gasteiger partial charge is 0.497 e. The molecule has 0 aromatic heterocycles. The van der Waals surface area contributed by atoms with Crippen molar-refractivity contribution >= 4 is 35.8 Å². The van der Waals surface area contributed by atoms with E-state index in [1.165, 1.54) is 25.7 Å². The van der Waals surface area contributed by atoms with Crippen molar-refractivity contribution in [1.82, 2.24) is 16.0 Å². The molecule has 0 spiro atoms. The lowest BCUT2D eigenvalue weighted by molar-refractivity contribution is 0.0954. The van der Waals surface area contributed by atoms with Crippen LogP contribution >= 0.6 is 24.0 Å². The van der Waals surface area contributed by atoms with E-state index >= 15 is 0 Å². The van der Waals surface area contributed by atoms with Gasteiger partial charge in [0.2, 0.25) is 0 Å². The first-order valence-corrected chi connectivity index (χ1v) is 8.12. The van der Waals surface area contributed by atoms with Gasteiger partial charge in [-0.3, -0.25) is 9.79 Å². The summed E-state index contributed by atoms with van der Waals surface area (Å²) < 4.78 is 5.08. The number of carbonyl (C=O) groups excluding carboxylic acids is 1. The first-order valence-electron chi connectivity index (χ1n) is 8.12. The van der Waals surface area contributed by atoms with Gasteiger partial charge in [0.1, 0.15) is 5.75 Å². The van der Waals surface area contributed by atoms with E-state index in [0.717, 1.165) is 11.7 Å². The van der Waals surface area contributed by atoms with Crippen molar-refractivity contribution in [3.05, 3.63) is 29.8 Å². The number of hydrogen-bond acceptors (Lipinski definition) is 3. The fraction of sp³-hybridized carbons (Fsp3) is 0.529. The van der Waals surface area contributed by atoms with Crippen LogP contribution in [0.5, 0.6) is 5.75 Å². The van der Waals surface area contributed by atoms with Crippen molar-refractivity contribution < 1.29 is 9.53 Å². The van der Waals surface area contributed by atoms with E-state index in [1.807, 2.05) is 0 Å². The van der Waals surface area contributed by atoms with Gasteiger partial charge in [0.05, 0.1) is 7.11 Å². The van der Waals surface area contributed by atoms with Crippen molar-refractivity contribution in [2.75, 3.05) is 27.2 Å². The van der Waals surface area contributed by atoms with Crippen molar-refractivity contribution in [3.63, 3.8) is 0 Å². The summed E-state index contributed by atoms with van der Waals surface area (Å²) in [5, 5.41) is 9.52. The topological polar surface area (TPSA) is 74.8 Å². The molecule has 1 fully saturated rings. The predicted molar refractivity (Wildman–Crippen MR) is 107 cm³/mol. The first-order chi connectivity index (χ1) is 11.2. The van der Waals surface area contributed by atoms with E-state index in [9.17, 15) is 4.79 Å². The molecule has 0 atom stereocenters. The van der Waals surface area contributed by atoms with Crippen LogP contribution in [0.15, 0.2) is 29.3 Å². The molecule has 0 radical (unpaired) electrons. The minimum absolute atomic E-state index is 0. The maximum atomic E-state index is 12.0. The molecule has 24 heavy (non-hydrogen) atoms. The Morgan fingerprint density at radius 1 is 1.17 bits per heavy atom. The highest BCUT2D eigenvalue weighted by molar-refractivity contribution is 14.0. The third-order valence-electron chi connectivity index (χ3n) is 3.97. The van der Waals surface area contributed by atoms with Crippen LogP contribution in [-0.2, 0) is 0 Å². The Hall–Kier alpha value is -1.51. The molecule has 7 heteroatoms. The van der Waals surface area contributed by atoms with Gasteiger partial charge in [-0.2, -0.15) is 0 Å². The number of nitrogens with one attached hydrogen (secondary N) is 3. The van der Waals surface area contributed by atoms with E-state index in [2.05, 4.69) is 20.9 Å². The molecule has 1 aromatic rings. The highest BCUT2D eigenvalue weighted by atomic mass is 127.